The molecular weight excluding hydrogens is 384 g/mol. The summed E-state index contributed by atoms with van der Waals surface area (Å²) < 4.78 is 6.02. The predicted octanol–water partition coefficient (Wildman–Crippen LogP) is 2.97. The van der Waals surface area contributed by atoms with Crippen molar-refractivity contribution in [2.75, 3.05) is 26.2 Å². The fourth-order valence-electron chi connectivity index (χ4n) is 3.97. The van der Waals surface area contributed by atoms with Gasteiger partial charge in [0.2, 0.25) is 5.78 Å². The van der Waals surface area contributed by atoms with E-state index in [1.807, 2.05) is 30.5 Å². The van der Waals surface area contributed by atoms with Gasteiger partial charge in [0.05, 0.1) is 5.56 Å². The van der Waals surface area contributed by atoms with E-state index < -0.39 is 6.09 Å². The number of aromatic amines is 1. The van der Waals surface area contributed by atoms with Crippen LogP contribution in [-0.2, 0) is 6.54 Å². The number of aromatic nitrogens is 2. The minimum absolute atomic E-state index is 0.138. The summed E-state index contributed by atoms with van der Waals surface area (Å²) in [7, 11) is 0. The molecule has 2 aromatic heterocycles. The molecule has 1 saturated heterocycles. The van der Waals surface area contributed by atoms with E-state index >= 15 is 0 Å². The number of Topliss-reactive ketones (excluding diaryl/α,β-unsaturated/α-hetero) is 1. The molecule has 8 nitrogen and oxygen atoms in total. The van der Waals surface area contributed by atoms with Crippen molar-refractivity contribution >= 4 is 29.0 Å². The Labute approximate surface area is 172 Å². The lowest BCUT2D eigenvalue weighted by Crippen LogP contribution is -2.47. The zero-order valence-electron chi connectivity index (χ0n) is 16.2. The average Bonchev–Trinajstić information content (AvgIpc) is 3.31. The molecule has 1 fully saturated rings. The number of carbonyl (C=O) groups is 2. The average molecular weight is 404 g/mol. The van der Waals surface area contributed by atoms with Crippen LogP contribution in [-0.4, -0.2) is 62.9 Å². The molecule has 0 unspecified atom stereocenters. The summed E-state index contributed by atoms with van der Waals surface area (Å²) in [6.45, 7) is 2.85. The van der Waals surface area contributed by atoms with Crippen LogP contribution in [0.25, 0.3) is 17.1 Å². The van der Waals surface area contributed by atoms with E-state index in [2.05, 4.69) is 14.9 Å². The van der Waals surface area contributed by atoms with Crippen molar-refractivity contribution in [1.82, 2.24) is 19.8 Å². The first-order valence-electron chi connectivity index (χ1n) is 9.78. The molecule has 2 aliphatic heterocycles. The number of benzene rings is 1. The molecule has 0 aliphatic carbocycles. The van der Waals surface area contributed by atoms with Crippen molar-refractivity contribution in [3.63, 3.8) is 0 Å². The predicted molar refractivity (Wildman–Crippen MR) is 110 cm³/mol. The fraction of sp³-hybridized carbons (Fsp3) is 0.227. The number of pyridine rings is 1. The highest BCUT2D eigenvalue weighted by Crippen LogP contribution is 2.36. The zero-order valence-corrected chi connectivity index (χ0v) is 16.2. The summed E-state index contributed by atoms with van der Waals surface area (Å²) in [5.74, 6) is 0.742. The highest BCUT2D eigenvalue weighted by molar-refractivity contribution is 6.15. The topological polar surface area (TPSA) is 98.8 Å². The number of amides is 1. The zero-order chi connectivity index (χ0) is 20.7. The molecule has 8 heteroatoms. The summed E-state index contributed by atoms with van der Waals surface area (Å²) in [6, 6.07) is 9.39. The maximum absolute atomic E-state index is 12.9. The summed E-state index contributed by atoms with van der Waals surface area (Å²) in [5, 5.41) is 10.0. The molecule has 0 spiro atoms. The number of rotatable bonds is 3. The van der Waals surface area contributed by atoms with Crippen LogP contribution >= 0.6 is 0 Å². The molecule has 30 heavy (non-hydrogen) atoms. The minimum atomic E-state index is -0.883. The third kappa shape index (κ3) is 3.21. The summed E-state index contributed by atoms with van der Waals surface area (Å²) in [6.07, 6.45) is 4.39. The van der Waals surface area contributed by atoms with Crippen LogP contribution in [0.5, 0.6) is 5.75 Å². The van der Waals surface area contributed by atoms with Gasteiger partial charge in [-0.05, 0) is 24.3 Å². The van der Waals surface area contributed by atoms with E-state index in [4.69, 9.17) is 9.84 Å². The van der Waals surface area contributed by atoms with Gasteiger partial charge in [-0.3, -0.25) is 9.69 Å². The Morgan fingerprint density at radius 2 is 2.03 bits per heavy atom. The molecule has 2 N–H and O–H groups in total. The third-order valence-electron chi connectivity index (χ3n) is 5.58. The SMILES string of the molecule is O=C1C(=Cc2c[nH]c3ncccc23)Oc2c(CN3CCN(C(=O)O)CC3)cccc21. The quantitative estimate of drug-likeness (QED) is 0.651. The van der Waals surface area contributed by atoms with Gasteiger partial charge >= 0.3 is 6.09 Å². The molecule has 2 aliphatic rings. The molecule has 1 amide bonds. The van der Waals surface area contributed by atoms with Crippen LogP contribution < -0.4 is 4.74 Å². The van der Waals surface area contributed by atoms with Gasteiger partial charge in [0, 0.05) is 61.6 Å². The molecule has 1 aromatic carbocycles. The summed E-state index contributed by atoms with van der Waals surface area (Å²) in [5.41, 5.74) is 3.09. The lowest BCUT2D eigenvalue weighted by Gasteiger charge is -2.33. The van der Waals surface area contributed by atoms with Gasteiger partial charge in [-0.15, -0.1) is 0 Å². The highest BCUT2D eigenvalue weighted by Gasteiger charge is 2.30. The van der Waals surface area contributed by atoms with Crippen molar-refractivity contribution in [2.24, 2.45) is 0 Å². The second-order valence-corrected chi connectivity index (χ2v) is 7.42. The Balaban J connectivity index is 1.38. The Morgan fingerprint density at radius 3 is 2.83 bits per heavy atom. The molecule has 4 heterocycles. The van der Waals surface area contributed by atoms with Gasteiger partial charge in [-0.25, -0.2) is 9.78 Å². The van der Waals surface area contributed by atoms with Gasteiger partial charge in [-0.1, -0.05) is 12.1 Å². The van der Waals surface area contributed by atoms with Crippen molar-refractivity contribution in [3.8, 4) is 5.75 Å². The maximum atomic E-state index is 12.9. The summed E-state index contributed by atoms with van der Waals surface area (Å²) in [4.78, 5) is 35.0. The van der Waals surface area contributed by atoms with Crippen LogP contribution in [0.3, 0.4) is 0 Å². The van der Waals surface area contributed by atoms with Gasteiger partial charge in [-0.2, -0.15) is 0 Å². The van der Waals surface area contributed by atoms with Crippen LogP contribution in [0.1, 0.15) is 21.5 Å². The van der Waals surface area contributed by atoms with Gasteiger partial charge in [0.15, 0.2) is 5.76 Å². The lowest BCUT2D eigenvalue weighted by molar-refractivity contribution is 0.101. The fourth-order valence-corrected chi connectivity index (χ4v) is 3.97. The number of ether oxygens (including phenoxy) is 1. The van der Waals surface area contributed by atoms with Crippen molar-refractivity contribution in [3.05, 3.63) is 65.2 Å². The van der Waals surface area contributed by atoms with Gasteiger partial charge in [0.1, 0.15) is 11.4 Å². The van der Waals surface area contributed by atoms with Crippen LogP contribution in [0.2, 0.25) is 0 Å². The van der Waals surface area contributed by atoms with Crippen molar-refractivity contribution in [2.45, 2.75) is 6.54 Å². The van der Waals surface area contributed by atoms with Crippen molar-refractivity contribution < 1.29 is 19.4 Å². The lowest BCUT2D eigenvalue weighted by atomic mass is 10.1. The number of H-pyrrole nitrogens is 1. The number of piperazine rings is 1. The van der Waals surface area contributed by atoms with E-state index in [0.717, 1.165) is 22.2 Å². The largest absolute Gasteiger partial charge is 0.465 e. The molecule has 152 valence electrons. The Morgan fingerprint density at radius 1 is 1.20 bits per heavy atom. The number of hydrogen-bond acceptors (Lipinski definition) is 5. The van der Waals surface area contributed by atoms with E-state index in [1.165, 1.54) is 4.90 Å². The second kappa shape index (κ2) is 7.31. The van der Waals surface area contributed by atoms with Crippen molar-refractivity contribution in [1.29, 1.82) is 0 Å². The molecule has 0 bridgehead atoms. The monoisotopic (exact) mass is 404 g/mol. The number of carbonyl (C=O) groups excluding carboxylic acids is 1. The van der Waals surface area contributed by atoms with E-state index in [0.29, 0.717) is 44.0 Å². The van der Waals surface area contributed by atoms with Crippen LogP contribution in [0.15, 0.2) is 48.5 Å². The normalized spacial score (nSPS) is 18.1. The van der Waals surface area contributed by atoms with E-state index in [1.54, 1.807) is 18.3 Å². The molecule has 5 rings (SSSR count). The number of hydrogen-bond donors (Lipinski definition) is 2. The van der Waals surface area contributed by atoms with Crippen LogP contribution in [0, 0.1) is 0 Å². The molecule has 0 saturated carbocycles. The molecule has 0 atom stereocenters. The first-order chi connectivity index (χ1) is 14.6. The minimum Gasteiger partial charge on any atom is -0.465 e. The maximum Gasteiger partial charge on any atom is 0.407 e. The van der Waals surface area contributed by atoms with Crippen LogP contribution in [0.4, 0.5) is 4.79 Å². The smallest absolute Gasteiger partial charge is 0.407 e. The number of allylic oxidation sites excluding steroid dienone is 1. The number of nitrogens with zero attached hydrogens (tertiary/aromatic N) is 3. The standard InChI is InChI=1S/C22H20N4O4/c27-19-17-4-1-3-14(13-25-7-9-26(10-8-25)22(28)29)20(17)30-18(19)11-15-12-24-21-16(15)5-2-6-23-21/h1-6,11-12H,7-10,13H2,(H,23,24)(H,28,29). The summed E-state index contributed by atoms with van der Waals surface area (Å²) >= 11 is 0. The Bertz CT molecular complexity index is 1170. The highest BCUT2D eigenvalue weighted by atomic mass is 16.5. The number of nitrogens with one attached hydrogen (secondary N) is 1. The van der Waals surface area contributed by atoms with Gasteiger partial charge < -0.3 is 19.7 Å². The molecular formula is C22H20N4O4. The number of fused-ring (bicyclic) bond motifs is 2. The van der Waals surface area contributed by atoms with E-state index in [-0.39, 0.29) is 11.5 Å². The number of carboxylic acid groups (broad SMARTS) is 1. The number of para-hydroxylation sites is 1. The third-order valence-corrected chi connectivity index (χ3v) is 5.58. The number of ketones is 1. The first kappa shape index (κ1) is 18.4. The van der Waals surface area contributed by atoms with Gasteiger partial charge in [0.25, 0.3) is 0 Å². The Hall–Kier alpha value is -3.65. The Kier molecular flexibility index (Phi) is 4.48. The second-order valence-electron chi connectivity index (χ2n) is 7.42. The molecule has 0 radical (unpaired) electrons. The molecule has 3 aromatic rings. The van der Waals surface area contributed by atoms with E-state index in [9.17, 15) is 9.59 Å². The first-order valence-corrected chi connectivity index (χ1v) is 9.78.